The van der Waals surface area contributed by atoms with Crippen LogP contribution in [0.15, 0.2) is 78.4 Å². The number of benzene rings is 1. The second-order valence-corrected chi connectivity index (χ2v) is 6.36. The summed E-state index contributed by atoms with van der Waals surface area (Å²) in [5.41, 5.74) is 0. The van der Waals surface area contributed by atoms with E-state index < -0.39 is 0 Å². The Bertz CT molecular complexity index is 669. The quantitative estimate of drug-likeness (QED) is 0.315. The van der Waals surface area contributed by atoms with E-state index in [0.29, 0.717) is 0 Å². The summed E-state index contributed by atoms with van der Waals surface area (Å²) >= 11 is 0. The molecular formula is C18H15Cl2HfP. The van der Waals surface area contributed by atoms with Gasteiger partial charge in [-0.15, -0.1) is 49.0 Å². The van der Waals surface area contributed by atoms with Crippen LogP contribution in [0.3, 0.4) is 0 Å². The van der Waals surface area contributed by atoms with E-state index in [2.05, 4.69) is 72.3 Å². The van der Waals surface area contributed by atoms with Gasteiger partial charge in [0.25, 0.3) is 0 Å². The maximum absolute atomic E-state index is 2.99. The number of rotatable bonds is 1. The molecule has 4 rings (SSSR count). The van der Waals surface area contributed by atoms with Crippen molar-refractivity contribution in [2.24, 2.45) is 0 Å². The Morgan fingerprint density at radius 2 is 1.73 bits per heavy atom. The van der Waals surface area contributed by atoms with E-state index in [1.807, 2.05) is 12.2 Å². The van der Waals surface area contributed by atoms with Crippen LogP contribution in [0.1, 0.15) is 6.42 Å². The number of allylic oxidation sites excluding steroid dienone is 4. The topological polar surface area (TPSA) is 0 Å². The van der Waals surface area contributed by atoms with E-state index in [0.717, 1.165) is 6.42 Å². The molecule has 1 aliphatic rings. The zero-order valence-electron chi connectivity index (χ0n) is 11.9. The molecular weight excluding hydrogens is 497 g/mol. The van der Waals surface area contributed by atoms with E-state index >= 15 is 0 Å². The van der Waals surface area contributed by atoms with Gasteiger partial charge in [-0.25, -0.2) is 12.2 Å². The van der Waals surface area contributed by atoms with Crippen LogP contribution < -0.4 is 24.8 Å². The van der Waals surface area contributed by atoms with Crippen LogP contribution in [-0.4, -0.2) is 0 Å². The van der Waals surface area contributed by atoms with Gasteiger partial charge in [0.2, 0.25) is 0 Å². The third-order valence-electron chi connectivity index (χ3n) is 3.09. The van der Waals surface area contributed by atoms with Crippen molar-refractivity contribution in [2.45, 2.75) is 6.42 Å². The molecule has 0 N–H and O–H groups in total. The van der Waals surface area contributed by atoms with Crippen molar-refractivity contribution in [3.8, 4) is 5.30 Å². The Morgan fingerprint density at radius 3 is 2.27 bits per heavy atom. The van der Waals surface area contributed by atoms with Gasteiger partial charge < -0.3 is 24.8 Å². The molecule has 22 heavy (non-hydrogen) atoms. The fourth-order valence-corrected chi connectivity index (χ4v) is 3.72. The maximum atomic E-state index is 2.99. The summed E-state index contributed by atoms with van der Waals surface area (Å²) in [5.74, 6) is 4.59. The van der Waals surface area contributed by atoms with Crippen molar-refractivity contribution in [1.82, 2.24) is 0 Å². The molecule has 0 unspecified atom stereocenters. The van der Waals surface area contributed by atoms with E-state index in [1.165, 1.54) is 16.1 Å². The zero-order valence-corrected chi connectivity index (χ0v) is 17.9. The molecule has 0 fully saturated rings. The molecule has 0 amide bonds. The predicted molar refractivity (Wildman–Crippen MR) is 85.2 cm³/mol. The summed E-state index contributed by atoms with van der Waals surface area (Å²) in [5, 5.41) is 4.18. The molecule has 0 saturated carbocycles. The normalized spacial score (nSPS) is 10.9. The minimum absolute atomic E-state index is 0. The van der Waals surface area contributed by atoms with Gasteiger partial charge in [0.1, 0.15) is 0 Å². The Balaban J connectivity index is 0.000000482. The van der Waals surface area contributed by atoms with Crippen LogP contribution in [-0.2, 0) is 25.8 Å². The predicted octanol–water partition coefficient (Wildman–Crippen LogP) is -0.154. The molecule has 0 radical (unpaired) electrons. The second kappa shape index (κ2) is 11.1. The molecule has 0 spiro atoms. The molecule has 3 aromatic rings. The average Bonchev–Trinajstić information content (AvgIpc) is 3.20. The van der Waals surface area contributed by atoms with Gasteiger partial charge in [-0.05, 0) is 11.6 Å². The van der Waals surface area contributed by atoms with Gasteiger partial charge in [-0.2, -0.15) is 12.1 Å². The Kier molecular flexibility index (Phi) is 10.9. The van der Waals surface area contributed by atoms with Crippen LogP contribution in [0.2, 0.25) is 0 Å². The van der Waals surface area contributed by atoms with Gasteiger partial charge in [-0.3, -0.25) is 6.08 Å². The molecule has 2 aromatic carbocycles. The molecule has 1 aliphatic carbocycles. The minimum Gasteiger partial charge on any atom is -1.00 e. The van der Waals surface area contributed by atoms with E-state index in [1.54, 1.807) is 0 Å². The molecule has 1 aromatic heterocycles. The summed E-state index contributed by atoms with van der Waals surface area (Å²) in [6, 6.07) is 17.4. The standard InChI is InChI=1S/C13H10P.C5H5.2ClH.Hf/c1-2-6-12-10-13(9-11(12)5-1)14-7-3-4-8-14;1-2-4-5-3-1;;;/h1-10H;1-3H,4H2;2*1H;/q2*-1;;;+4/p-2. The third-order valence-corrected chi connectivity index (χ3v) is 4.93. The summed E-state index contributed by atoms with van der Waals surface area (Å²) in [6.45, 7) is 0. The summed E-state index contributed by atoms with van der Waals surface area (Å²) < 4.78 is 0. The first kappa shape index (κ1) is 21.5. The molecule has 0 aliphatic heterocycles. The van der Waals surface area contributed by atoms with Crippen LogP contribution in [0.25, 0.3) is 16.1 Å². The van der Waals surface area contributed by atoms with E-state index in [9.17, 15) is 0 Å². The van der Waals surface area contributed by atoms with Crippen LogP contribution in [0.4, 0.5) is 0 Å². The van der Waals surface area contributed by atoms with Crippen molar-refractivity contribution in [1.29, 1.82) is 0 Å². The van der Waals surface area contributed by atoms with Crippen LogP contribution in [0, 0.1) is 6.08 Å². The second-order valence-electron chi connectivity index (χ2n) is 4.44. The fraction of sp³-hybridized carbons (Fsp3) is 0.0556. The van der Waals surface area contributed by atoms with Crippen LogP contribution in [0.5, 0.6) is 0 Å². The fourth-order valence-electron chi connectivity index (χ4n) is 2.13. The molecule has 0 saturated heterocycles. The van der Waals surface area contributed by atoms with Crippen molar-refractivity contribution < 1.29 is 50.7 Å². The first-order chi connectivity index (χ1) is 9.43. The monoisotopic (exact) mass is 512 g/mol. The molecule has 4 heteroatoms. The number of halogens is 2. The Hall–Kier alpha value is -0.460. The first-order valence-electron chi connectivity index (χ1n) is 6.44. The van der Waals surface area contributed by atoms with Gasteiger partial charge in [0.15, 0.2) is 0 Å². The van der Waals surface area contributed by atoms with Crippen molar-refractivity contribution in [3.05, 3.63) is 84.4 Å². The van der Waals surface area contributed by atoms with Crippen molar-refractivity contribution >= 4 is 18.3 Å². The molecule has 110 valence electrons. The summed E-state index contributed by atoms with van der Waals surface area (Å²) in [6.07, 6.45) is 10.0. The smallest absolute Gasteiger partial charge is 1.00 e. The number of fused-ring (bicyclic) bond motifs is 1. The van der Waals surface area contributed by atoms with Gasteiger partial charge >= 0.3 is 25.8 Å². The largest absolute Gasteiger partial charge is 4.00 e. The van der Waals surface area contributed by atoms with Crippen molar-refractivity contribution in [2.75, 3.05) is 0 Å². The molecule has 0 nitrogen and oxygen atoms in total. The molecule has 0 atom stereocenters. The van der Waals surface area contributed by atoms with Gasteiger partial charge in [0.05, 0.1) is 0 Å². The summed E-state index contributed by atoms with van der Waals surface area (Å²) in [7, 11) is -0.148. The Labute approximate surface area is 164 Å². The number of hydrogen-bond acceptors (Lipinski definition) is 0. The molecule has 1 heterocycles. The number of hydrogen-bond donors (Lipinski definition) is 0. The average molecular weight is 512 g/mol. The SMILES string of the molecule is [C-]1=CC=CC1.[Cl-].[Cl-].[Hf+4].c1ccc2[cH-]c(-p3cccc3)cc2c1. The first-order valence-corrected chi connectivity index (χ1v) is 7.92. The third kappa shape index (κ3) is 5.63. The van der Waals surface area contributed by atoms with E-state index in [4.69, 9.17) is 0 Å². The zero-order chi connectivity index (χ0) is 12.9. The van der Waals surface area contributed by atoms with Crippen molar-refractivity contribution in [3.63, 3.8) is 0 Å². The summed E-state index contributed by atoms with van der Waals surface area (Å²) in [4.78, 5) is 0. The maximum Gasteiger partial charge on any atom is 4.00 e. The molecule has 0 bridgehead atoms. The van der Waals surface area contributed by atoms with Crippen LogP contribution >= 0.6 is 7.53 Å². The minimum atomic E-state index is -0.148. The van der Waals surface area contributed by atoms with Gasteiger partial charge in [-0.1, -0.05) is 23.5 Å². The Morgan fingerprint density at radius 1 is 1.00 bits per heavy atom. The van der Waals surface area contributed by atoms with E-state index in [-0.39, 0.29) is 58.2 Å². The van der Waals surface area contributed by atoms with Gasteiger partial charge in [0, 0.05) is 0 Å².